The van der Waals surface area contributed by atoms with Gasteiger partial charge in [0.1, 0.15) is 0 Å². The third kappa shape index (κ3) is 6.22. The number of aromatic nitrogens is 4. The molecule has 0 radical (unpaired) electrons. The van der Waals surface area contributed by atoms with Crippen molar-refractivity contribution in [2.24, 2.45) is 18.4 Å². The Morgan fingerprint density at radius 3 is 2.69 bits per heavy atom. The molecule has 1 fully saturated rings. The van der Waals surface area contributed by atoms with Crippen LogP contribution in [0.15, 0.2) is 48.1 Å². The number of allylic oxidation sites excluding steroid dienone is 5. The van der Waals surface area contributed by atoms with Crippen LogP contribution in [0.1, 0.15) is 72.6 Å². The van der Waals surface area contributed by atoms with Gasteiger partial charge in [-0.25, -0.2) is 4.57 Å². The Hall–Kier alpha value is -2.14. The summed E-state index contributed by atoms with van der Waals surface area (Å²) in [5, 5.41) is 0. The van der Waals surface area contributed by atoms with Gasteiger partial charge in [0.2, 0.25) is 5.52 Å². The second-order valence-corrected chi connectivity index (χ2v) is 10.0. The highest BCUT2D eigenvalue weighted by molar-refractivity contribution is 5.79. The first-order valence-corrected chi connectivity index (χ1v) is 11.6. The Balaban J connectivity index is 0.00000363. The maximum Gasteiger partial charge on any atom is 0.307 e. The van der Waals surface area contributed by atoms with Gasteiger partial charge in [-0.1, -0.05) is 54.3 Å². The van der Waals surface area contributed by atoms with Crippen molar-refractivity contribution in [3.05, 3.63) is 48.1 Å². The molecule has 0 aliphatic heterocycles. The lowest BCUT2D eigenvalue weighted by Crippen LogP contribution is -3.00. The van der Waals surface area contributed by atoms with Crippen LogP contribution in [0.25, 0.3) is 11.2 Å². The number of halogens is 1. The van der Waals surface area contributed by atoms with Crippen molar-refractivity contribution < 1.29 is 17.0 Å². The van der Waals surface area contributed by atoms with E-state index in [0.717, 1.165) is 30.6 Å². The number of hydrogen-bond acceptors (Lipinski definition) is 3. The Morgan fingerprint density at radius 1 is 1.25 bits per heavy atom. The molecule has 0 aromatic carbocycles. The van der Waals surface area contributed by atoms with E-state index in [9.17, 15) is 0 Å². The smallest absolute Gasteiger partial charge is 0.307 e. The molecule has 1 aliphatic rings. The molecule has 0 saturated heterocycles. The molecule has 0 spiro atoms. The van der Waals surface area contributed by atoms with Crippen molar-refractivity contribution in [3.8, 4) is 0 Å². The highest BCUT2D eigenvalue weighted by Gasteiger charge is 2.33. The molecule has 1 aliphatic carbocycles. The number of nitrogen functional groups attached to an aromatic ring is 1. The van der Waals surface area contributed by atoms with Crippen LogP contribution in [0.5, 0.6) is 0 Å². The van der Waals surface area contributed by atoms with Crippen molar-refractivity contribution in [2.45, 2.75) is 79.2 Å². The van der Waals surface area contributed by atoms with E-state index >= 15 is 0 Å². The fourth-order valence-corrected chi connectivity index (χ4v) is 5.02. The maximum absolute atomic E-state index is 6.08. The molecule has 6 heteroatoms. The van der Waals surface area contributed by atoms with Gasteiger partial charge in [-0.2, -0.15) is 4.98 Å². The lowest BCUT2D eigenvalue weighted by molar-refractivity contribution is -0.647. The molecule has 5 nitrogen and oxygen atoms in total. The van der Waals surface area contributed by atoms with Gasteiger partial charge in [-0.3, -0.25) is 4.57 Å². The first kappa shape index (κ1) is 26.1. The van der Waals surface area contributed by atoms with Crippen molar-refractivity contribution in [3.63, 3.8) is 0 Å². The van der Waals surface area contributed by atoms with Crippen LogP contribution in [0.4, 0.5) is 5.82 Å². The number of hydrogen-bond donors (Lipinski definition) is 1. The van der Waals surface area contributed by atoms with E-state index in [2.05, 4.69) is 61.0 Å². The minimum absolute atomic E-state index is 0. The van der Waals surface area contributed by atoms with E-state index in [1.807, 2.05) is 17.9 Å². The normalized spacial score (nSPS) is 19.3. The minimum Gasteiger partial charge on any atom is -1.00 e. The molecule has 0 bridgehead atoms. The topological polar surface area (TPSA) is 60.6 Å². The van der Waals surface area contributed by atoms with Crippen LogP contribution in [0.3, 0.4) is 0 Å². The quantitative estimate of drug-likeness (QED) is 0.489. The van der Waals surface area contributed by atoms with Crippen LogP contribution in [-0.2, 0) is 13.6 Å². The summed E-state index contributed by atoms with van der Waals surface area (Å²) >= 11 is 0. The summed E-state index contributed by atoms with van der Waals surface area (Å²) in [4.78, 5) is 8.48. The Bertz CT molecular complexity index is 999. The molecule has 1 atom stereocenters. The Kier molecular flexibility index (Phi) is 9.08. The van der Waals surface area contributed by atoms with E-state index in [1.165, 1.54) is 55.2 Å². The lowest BCUT2D eigenvalue weighted by atomic mass is 9.65. The number of aryl methyl sites for hydroxylation is 1. The summed E-state index contributed by atoms with van der Waals surface area (Å²) in [7, 11) is 1.99. The number of rotatable bonds is 8. The van der Waals surface area contributed by atoms with E-state index in [0.29, 0.717) is 17.2 Å². The van der Waals surface area contributed by atoms with Gasteiger partial charge in [0.25, 0.3) is 0 Å². The summed E-state index contributed by atoms with van der Waals surface area (Å²) in [5.41, 5.74) is 12.6. The number of imidazole rings is 1. The Labute approximate surface area is 199 Å². The average Bonchev–Trinajstić information content (AvgIpc) is 3.02. The second kappa shape index (κ2) is 11.1. The second-order valence-electron chi connectivity index (χ2n) is 10.0. The monoisotopic (exact) mass is 457 g/mol. The molecule has 2 aromatic heterocycles. The maximum atomic E-state index is 6.08. The van der Waals surface area contributed by atoms with Gasteiger partial charge in [-0.15, -0.1) is 0 Å². The van der Waals surface area contributed by atoms with Crippen molar-refractivity contribution in [2.75, 3.05) is 5.73 Å². The number of nitrogens with zero attached hydrogens (tertiary/aromatic N) is 4. The molecule has 0 unspecified atom stereocenters. The summed E-state index contributed by atoms with van der Waals surface area (Å²) in [6.45, 7) is 14.5. The van der Waals surface area contributed by atoms with Gasteiger partial charge < -0.3 is 18.1 Å². The SMILES string of the molecule is C=C1CCCC(C)(C)[C@@H]1CC/C(C)=C/CC/C(C)=C/Cn1c[n+](C)c2ncnc(N)c21.[Cl-]. The zero-order valence-corrected chi connectivity index (χ0v) is 21.3. The van der Waals surface area contributed by atoms with Gasteiger partial charge in [0.05, 0.1) is 13.6 Å². The van der Waals surface area contributed by atoms with Gasteiger partial charge >= 0.3 is 5.65 Å². The summed E-state index contributed by atoms with van der Waals surface area (Å²) < 4.78 is 4.11. The standard InChI is InChI=1S/C26H40N5.ClH/c1-19(12-13-22-21(3)11-8-15-26(22,4)5)9-7-10-20(2)14-16-31-18-30(6)25-23(31)24(27)28-17-29-25;/h9,14,17-18,22H,3,7-8,10-13,15-16H2,1-2,4-6H3,(H2,27,28,29);1H/q+1;/p-1/b19-9+,20-14+;/t22-;/m1./s1. The highest BCUT2D eigenvalue weighted by atomic mass is 35.5. The van der Waals surface area contributed by atoms with E-state index in [1.54, 1.807) is 0 Å². The van der Waals surface area contributed by atoms with Crippen LogP contribution in [0.2, 0.25) is 0 Å². The highest BCUT2D eigenvalue weighted by Crippen LogP contribution is 2.45. The third-order valence-corrected chi connectivity index (χ3v) is 7.02. The largest absolute Gasteiger partial charge is 1.00 e. The first-order chi connectivity index (χ1) is 14.7. The van der Waals surface area contributed by atoms with E-state index < -0.39 is 0 Å². The molecular formula is C26H40ClN5. The zero-order valence-electron chi connectivity index (χ0n) is 20.5. The predicted octanol–water partition coefficient (Wildman–Crippen LogP) is 2.68. The third-order valence-electron chi connectivity index (χ3n) is 7.02. The van der Waals surface area contributed by atoms with Crippen LogP contribution in [-0.4, -0.2) is 14.5 Å². The molecule has 176 valence electrons. The fraction of sp³-hybridized carbons (Fsp3) is 0.577. The van der Waals surface area contributed by atoms with Gasteiger partial charge in [-0.05, 0) is 70.1 Å². The summed E-state index contributed by atoms with van der Waals surface area (Å²) in [5.74, 6) is 1.19. The molecule has 2 N–H and O–H groups in total. The van der Waals surface area contributed by atoms with Crippen molar-refractivity contribution >= 4 is 17.0 Å². The first-order valence-electron chi connectivity index (χ1n) is 11.6. The molecule has 32 heavy (non-hydrogen) atoms. The molecule has 0 amide bonds. The van der Waals surface area contributed by atoms with Crippen LogP contribution < -0.4 is 22.7 Å². The van der Waals surface area contributed by atoms with Gasteiger partial charge in [0, 0.05) is 0 Å². The number of nitrogens with two attached hydrogens (primary N) is 1. The van der Waals surface area contributed by atoms with Crippen LogP contribution in [0, 0.1) is 11.3 Å². The Morgan fingerprint density at radius 2 is 1.97 bits per heavy atom. The van der Waals surface area contributed by atoms with E-state index in [-0.39, 0.29) is 12.4 Å². The number of fused-ring (bicyclic) bond motifs is 1. The van der Waals surface area contributed by atoms with E-state index in [4.69, 9.17) is 5.73 Å². The van der Waals surface area contributed by atoms with Gasteiger partial charge in [0.15, 0.2) is 18.5 Å². The van der Waals surface area contributed by atoms with Crippen molar-refractivity contribution in [1.29, 1.82) is 0 Å². The molecule has 1 saturated carbocycles. The lowest BCUT2D eigenvalue weighted by Gasteiger charge is -2.40. The average molecular weight is 458 g/mol. The van der Waals surface area contributed by atoms with Crippen molar-refractivity contribution in [1.82, 2.24) is 14.5 Å². The summed E-state index contributed by atoms with van der Waals surface area (Å²) in [6.07, 6.45) is 16.7. The molecule has 2 aromatic rings. The minimum atomic E-state index is 0. The molecule has 2 heterocycles. The zero-order chi connectivity index (χ0) is 22.6. The molecular weight excluding hydrogens is 418 g/mol. The number of anilines is 1. The molecule has 3 rings (SSSR count). The fourth-order valence-electron chi connectivity index (χ4n) is 5.02. The summed E-state index contributed by atoms with van der Waals surface area (Å²) in [6, 6.07) is 0. The van der Waals surface area contributed by atoms with Crippen LogP contribution >= 0.6 is 0 Å². The predicted molar refractivity (Wildman–Crippen MR) is 129 cm³/mol.